The first-order chi connectivity index (χ1) is 11.1. The molecular weight excluding hydrogens is 286 g/mol. The second kappa shape index (κ2) is 5.69. The number of aromatic nitrogens is 1. The van der Waals surface area contributed by atoms with Crippen LogP contribution < -0.4 is 4.74 Å². The first kappa shape index (κ1) is 15.0. The van der Waals surface area contributed by atoms with Crippen molar-refractivity contribution in [2.45, 2.75) is 13.0 Å². The van der Waals surface area contributed by atoms with Crippen molar-refractivity contribution in [3.8, 4) is 11.5 Å². The number of benzene rings is 2. The van der Waals surface area contributed by atoms with Crippen molar-refractivity contribution in [2.75, 3.05) is 0 Å². The van der Waals surface area contributed by atoms with E-state index in [1.807, 2.05) is 35.8 Å². The van der Waals surface area contributed by atoms with Crippen LogP contribution >= 0.6 is 0 Å². The summed E-state index contributed by atoms with van der Waals surface area (Å²) in [5.74, 6) is 0.754. The zero-order chi connectivity index (χ0) is 16.6. The maximum absolute atomic E-state index is 10.1. The van der Waals surface area contributed by atoms with E-state index >= 15 is 0 Å². The van der Waals surface area contributed by atoms with E-state index in [0.717, 1.165) is 27.4 Å². The SMILES string of the molecule is C=Cc1cccc2c1c1cc(O)cc(OC(C)C=C)c1n2C=C. The minimum atomic E-state index is -0.171. The molecule has 1 aromatic heterocycles. The van der Waals surface area contributed by atoms with E-state index in [1.54, 1.807) is 24.4 Å². The fourth-order valence-electron chi connectivity index (χ4n) is 2.90. The summed E-state index contributed by atoms with van der Waals surface area (Å²) in [4.78, 5) is 0. The molecule has 3 aromatic rings. The Morgan fingerprint density at radius 1 is 1.22 bits per heavy atom. The van der Waals surface area contributed by atoms with E-state index in [2.05, 4.69) is 19.7 Å². The quantitative estimate of drug-likeness (QED) is 0.658. The van der Waals surface area contributed by atoms with Gasteiger partial charge in [0.1, 0.15) is 17.6 Å². The van der Waals surface area contributed by atoms with Crippen LogP contribution in [0, 0.1) is 0 Å². The Morgan fingerprint density at radius 3 is 2.65 bits per heavy atom. The predicted molar refractivity (Wildman–Crippen MR) is 97.9 cm³/mol. The van der Waals surface area contributed by atoms with Crippen molar-refractivity contribution < 1.29 is 9.84 Å². The highest BCUT2D eigenvalue weighted by atomic mass is 16.5. The third kappa shape index (κ3) is 2.30. The van der Waals surface area contributed by atoms with Gasteiger partial charge in [-0.15, -0.1) is 0 Å². The van der Waals surface area contributed by atoms with Crippen molar-refractivity contribution in [1.29, 1.82) is 0 Å². The molecule has 3 rings (SSSR count). The van der Waals surface area contributed by atoms with Gasteiger partial charge in [0.15, 0.2) is 0 Å². The normalized spacial score (nSPS) is 12.2. The van der Waals surface area contributed by atoms with E-state index in [4.69, 9.17) is 4.74 Å². The van der Waals surface area contributed by atoms with Crippen molar-refractivity contribution in [3.63, 3.8) is 0 Å². The van der Waals surface area contributed by atoms with Crippen molar-refractivity contribution in [3.05, 3.63) is 61.7 Å². The summed E-state index contributed by atoms with van der Waals surface area (Å²) in [5.41, 5.74) is 2.87. The second-order valence-electron chi connectivity index (χ2n) is 5.40. The van der Waals surface area contributed by atoms with Crippen LogP contribution in [0.1, 0.15) is 12.5 Å². The molecular formula is C20H19NO2. The van der Waals surface area contributed by atoms with E-state index in [0.29, 0.717) is 5.75 Å². The minimum Gasteiger partial charge on any atom is -0.508 e. The van der Waals surface area contributed by atoms with Gasteiger partial charge in [0, 0.05) is 23.0 Å². The van der Waals surface area contributed by atoms with Crippen LogP contribution in [0.2, 0.25) is 0 Å². The molecule has 116 valence electrons. The monoisotopic (exact) mass is 305 g/mol. The third-order valence-electron chi connectivity index (χ3n) is 3.95. The van der Waals surface area contributed by atoms with Crippen LogP contribution in [-0.4, -0.2) is 15.8 Å². The first-order valence-corrected chi connectivity index (χ1v) is 7.44. The highest BCUT2D eigenvalue weighted by Crippen LogP contribution is 2.40. The van der Waals surface area contributed by atoms with Crippen LogP contribution in [0.3, 0.4) is 0 Å². The lowest BCUT2D eigenvalue weighted by molar-refractivity contribution is 0.272. The van der Waals surface area contributed by atoms with Gasteiger partial charge in [0.05, 0.1) is 11.0 Å². The molecule has 0 spiro atoms. The molecule has 1 atom stereocenters. The van der Waals surface area contributed by atoms with Gasteiger partial charge < -0.3 is 14.4 Å². The van der Waals surface area contributed by atoms with Gasteiger partial charge in [0.2, 0.25) is 0 Å². The molecule has 23 heavy (non-hydrogen) atoms. The molecule has 0 amide bonds. The Hall–Kier alpha value is -2.94. The fraction of sp³-hybridized carbons (Fsp3) is 0.100. The molecule has 0 aliphatic carbocycles. The molecule has 2 aromatic carbocycles. The van der Waals surface area contributed by atoms with E-state index < -0.39 is 0 Å². The van der Waals surface area contributed by atoms with E-state index in [-0.39, 0.29) is 11.9 Å². The standard InChI is InChI=1S/C20H19NO2/c1-5-13(4)23-18-12-15(22)11-16-19-14(6-2)9-8-10-17(19)21(7-3)20(16)18/h5-13,22H,1-3H2,4H3. The highest BCUT2D eigenvalue weighted by molar-refractivity contribution is 6.14. The van der Waals surface area contributed by atoms with Crippen LogP contribution in [-0.2, 0) is 0 Å². The summed E-state index contributed by atoms with van der Waals surface area (Å²) in [6, 6.07) is 9.36. The Balaban J connectivity index is 2.49. The van der Waals surface area contributed by atoms with Crippen LogP contribution in [0.15, 0.2) is 56.1 Å². The number of rotatable bonds is 5. The summed E-state index contributed by atoms with van der Waals surface area (Å²) >= 11 is 0. The smallest absolute Gasteiger partial charge is 0.148 e. The molecule has 0 aliphatic heterocycles. The molecule has 0 aliphatic rings. The van der Waals surface area contributed by atoms with Gasteiger partial charge in [-0.2, -0.15) is 0 Å². The van der Waals surface area contributed by atoms with Gasteiger partial charge in [-0.25, -0.2) is 0 Å². The van der Waals surface area contributed by atoms with Crippen molar-refractivity contribution in [1.82, 2.24) is 4.57 Å². The van der Waals surface area contributed by atoms with Gasteiger partial charge in [-0.3, -0.25) is 0 Å². The Kier molecular flexibility index (Phi) is 3.70. The minimum absolute atomic E-state index is 0.158. The summed E-state index contributed by atoms with van der Waals surface area (Å²) in [5, 5.41) is 12.1. The first-order valence-electron chi connectivity index (χ1n) is 7.44. The number of phenols is 1. The lowest BCUT2D eigenvalue weighted by atomic mass is 10.1. The molecule has 3 nitrogen and oxygen atoms in total. The molecule has 0 saturated carbocycles. The number of hydrogen-bond donors (Lipinski definition) is 1. The van der Waals surface area contributed by atoms with Crippen LogP contribution in [0.4, 0.5) is 0 Å². The summed E-state index contributed by atoms with van der Waals surface area (Å²) in [6.45, 7) is 13.5. The van der Waals surface area contributed by atoms with Gasteiger partial charge in [-0.1, -0.05) is 44.0 Å². The zero-order valence-corrected chi connectivity index (χ0v) is 13.1. The molecule has 0 saturated heterocycles. The van der Waals surface area contributed by atoms with E-state index in [9.17, 15) is 5.11 Å². The van der Waals surface area contributed by atoms with Gasteiger partial charge >= 0.3 is 0 Å². The number of nitrogens with zero attached hydrogens (tertiary/aromatic N) is 1. The lowest BCUT2D eigenvalue weighted by Gasteiger charge is -2.13. The van der Waals surface area contributed by atoms with Gasteiger partial charge in [-0.05, 0) is 24.6 Å². The van der Waals surface area contributed by atoms with Crippen LogP contribution in [0.5, 0.6) is 11.5 Å². The predicted octanol–water partition coefficient (Wildman–Crippen LogP) is 5.20. The van der Waals surface area contributed by atoms with Crippen molar-refractivity contribution in [2.24, 2.45) is 0 Å². The molecule has 0 radical (unpaired) electrons. The number of phenolic OH excluding ortho intramolecular Hbond substituents is 1. The fourth-order valence-corrected chi connectivity index (χ4v) is 2.90. The third-order valence-corrected chi connectivity index (χ3v) is 3.95. The Morgan fingerprint density at radius 2 is 2.00 bits per heavy atom. The number of ether oxygens (including phenoxy) is 1. The Labute approximate surface area is 135 Å². The molecule has 0 bridgehead atoms. The molecule has 1 unspecified atom stereocenters. The maximum Gasteiger partial charge on any atom is 0.148 e. The average Bonchev–Trinajstić information content (AvgIpc) is 2.88. The molecule has 1 heterocycles. The number of aromatic hydroxyl groups is 1. The van der Waals surface area contributed by atoms with Gasteiger partial charge in [0.25, 0.3) is 0 Å². The summed E-state index contributed by atoms with van der Waals surface area (Å²) in [7, 11) is 0. The number of fused-ring (bicyclic) bond motifs is 3. The summed E-state index contributed by atoms with van der Waals surface area (Å²) < 4.78 is 7.91. The lowest BCUT2D eigenvalue weighted by Crippen LogP contribution is -2.08. The van der Waals surface area contributed by atoms with Crippen LogP contribution in [0.25, 0.3) is 34.1 Å². The molecule has 3 heteroatoms. The zero-order valence-electron chi connectivity index (χ0n) is 13.1. The summed E-state index contributed by atoms with van der Waals surface area (Å²) in [6.07, 6.45) is 5.10. The number of hydrogen-bond acceptors (Lipinski definition) is 2. The van der Waals surface area contributed by atoms with Crippen molar-refractivity contribution >= 4 is 34.1 Å². The largest absolute Gasteiger partial charge is 0.508 e. The molecule has 0 fully saturated rings. The van der Waals surface area contributed by atoms with E-state index in [1.165, 1.54) is 0 Å². The maximum atomic E-state index is 10.1. The topological polar surface area (TPSA) is 34.4 Å². The highest BCUT2D eigenvalue weighted by Gasteiger charge is 2.17. The average molecular weight is 305 g/mol. The molecule has 1 N–H and O–H groups in total. The Bertz CT molecular complexity index is 934. The second-order valence-corrected chi connectivity index (χ2v) is 5.40.